The largest absolute Gasteiger partial charge is 0.337 e. The van der Waals surface area contributed by atoms with Gasteiger partial charge < -0.3 is 9.47 Å². The Morgan fingerprint density at radius 2 is 2.32 bits per heavy atom. The highest BCUT2D eigenvalue weighted by molar-refractivity contribution is 7.98. The third-order valence-electron chi connectivity index (χ3n) is 5.29. The van der Waals surface area contributed by atoms with Crippen LogP contribution in [0.3, 0.4) is 0 Å². The zero-order valence-electron chi connectivity index (χ0n) is 12.9. The number of thioether (sulfide) groups is 1. The normalized spacial score (nSPS) is 24.4. The fourth-order valence-electron chi connectivity index (χ4n) is 4.34. The maximum absolute atomic E-state index is 10.4. The second-order valence-corrected chi connectivity index (χ2v) is 7.44. The number of carbonyl (C=O) groups excluding carboxylic acids is 1. The molecular formula is C18H21N2OS. The second kappa shape index (κ2) is 5.74. The topological polar surface area (TPSA) is 25.2 Å². The van der Waals surface area contributed by atoms with Crippen molar-refractivity contribution in [1.82, 2.24) is 9.47 Å². The van der Waals surface area contributed by atoms with Crippen LogP contribution in [0.15, 0.2) is 24.4 Å². The lowest BCUT2D eigenvalue weighted by atomic mass is 9.75. The maximum Gasteiger partial charge on any atom is 0.209 e. The van der Waals surface area contributed by atoms with E-state index < -0.39 is 0 Å². The van der Waals surface area contributed by atoms with E-state index in [1.807, 2.05) is 6.29 Å². The molecule has 2 heterocycles. The van der Waals surface area contributed by atoms with Crippen molar-refractivity contribution in [2.75, 3.05) is 19.3 Å². The molecular weight excluding hydrogens is 292 g/mol. The van der Waals surface area contributed by atoms with Gasteiger partial charge in [-0.05, 0) is 50.0 Å². The molecule has 2 aromatic rings. The number of likely N-dealkylation sites (N-methyl/N-ethyl adjacent to an activating group) is 1. The minimum atomic E-state index is 0.447. The Balaban J connectivity index is 1.77. The summed E-state index contributed by atoms with van der Waals surface area (Å²) < 4.78 is 2.31. The van der Waals surface area contributed by atoms with E-state index in [4.69, 9.17) is 0 Å². The van der Waals surface area contributed by atoms with Crippen LogP contribution in [0.25, 0.3) is 10.9 Å². The van der Waals surface area contributed by atoms with Crippen LogP contribution in [-0.4, -0.2) is 41.1 Å². The van der Waals surface area contributed by atoms with E-state index in [-0.39, 0.29) is 0 Å². The van der Waals surface area contributed by atoms with Gasteiger partial charge in [0, 0.05) is 29.1 Å². The van der Waals surface area contributed by atoms with E-state index in [9.17, 15) is 4.79 Å². The third kappa shape index (κ3) is 2.20. The molecule has 1 saturated heterocycles. The van der Waals surface area contributed by atoms with Crippen molar-refractivity contribution in [1.29, 1.82) is 0 Å². The van der Waals surface area contributed by atoms with Crippen LogP contribution in [0, 0.1) is 0 Å². The highest BCUT2D eigenvalue weighted by atomic mass is 32.2. The highest BCUT2D eigenvalue weighted by Gasteiger charge is 2.36. The lowest BCUT2D eigenvalue weighted by Gasteiger charge is -2.42. The lowest BCUT2D eigenvalue weighted by Crippen LogP contribution is -2.44. The van der Waals surface area contributed by atoms with Gasteiger partial charge in [-0.2, -0.15) is 0 Å². The minimum absolute atomic E-state index is 0.447. The molecule has 0 N–H and O–H groups in total. The van der Waals surface area contributed by atoms with Gasteiger partial charge in [-0.3, -0.25) is 4.79 Å². The molecule has 1 radical (unpaired) electrons. The molecule has 0 spiro atoms. The summed E-state index contributed by atoms with van der Waals surface area (Å²) in [5.41, 5.74) is 4.36. The summed E-state index contributed by atoms with van der Waals surface area (Å²) in [4.78, 5) is 13.0. The van der Waals surface area contributed by atoms with Crippen LogP contribution in [0.5, 0.6) is 0 Å². The summed E-state index contributed by atoms with van der Waals surface area (Å²) in [6, 6.07) is 7.41. The lowest BCUT2D eigenvalue weighted by molar-refractivity contribution is 0.157. The number of piperidine rings is 1. The van der Waals surface area contributed by atoms with E-state index in [0.717, 1.165) is 12.3 Å². The average molecular weight is 313 g/mol. The number of aromatic nitrogens is 1. The highest BCUT2D eigenvalue weighted by Crippen LogP contribution is 2.43. The van der Waals surface area contributed by atoms with Gasteiger partial charge in [0.1, 0.15) is 0 Å². The molecule has 3 nitrogen and oxygen atoms in total. The summed E-state index contributed by atoms with van der Waals surface area (Å²) in [6.45, 7) is 1.22. The number of hydrogen-bond acceptors (Lipinski definition) is 3. The molecule has 0 bridgehead atoms. The van der Waals surface area contributed by atoms with E-state index in [0.29, 0.717) is 17.7 Å². The van der Waals surface area contributed by atoms with Crippen LogP contribution < -0.4 is 0 Å². The fourth-order valence-corrected chi connectivity index (χ4v) is 4.92. The van der Waals surface area contributed by atoms with Crippen molar-refractivity contribution in [2.24, 2.45) is 0 Å². The van der Waals surface area contributed by atoms with Gasteiger partial charge in [-0.15, -0.1) is 11.8 Å². The summed E-state index contributed by atoms with van der Waals surface area (Å²) >= 11 is 1.63. The molecule has 4 heteroatoms. The van der Waals surface area contributed by atoms with Gasteiger partial charge in [0.2, 0.25) is 6.29 Å². The number of nitrogens with zero attached hydrogens (tertiary/aromatic N) is 2. The Labute approximate surface area is 135 Å². The minimum Gasteiger partial charge on any atom is -0.337 e. The Morgan fingerprint density at radius 1 is 1.41 bits per heavy atom. The second-order valence-electron chi connectivity index (χ2n) is 6.49. The van der Waals surface area contributed by atoms with Crippen LogP contribution in [0.4, 0.5) is 0 Å². The van der Waals surface area contributed by atoms with E-state index in [2.05, 4.69) is 40.9 Å². The molecule has 1 fully saturated rings. The molecule has 1 aromatic carbocycles. The first-order valence-electron chi connectivity index (χ1n) is 8.03. The smallest absolute Gasteiger partial charge is 0.209 e. The van der Waals surface area contributed by atoms with Crippen molar-refractivity contribution in [3.8, 4) is 0 Å². The fraction of sp³-hybridized carbons (Fsp3) is 0.500. The Kier molecular flexibility index (Phi) is 3.74. The summed E-state index contributed by atoms with van der Waals surface area (Å²) in [6.07, 6.45) is 8.05. The van der Waals surface area contributed by atoms with Gasteiger partial charge in [-0.1, -0.05) is 12.1 Å². The predicted molar refractivity (Wildman–Crippen MR) is 92.2 cm³/mol. The first-order chi connectivity index (χ1) is 10.8. The van der Waals surface area contributed by atoms with E-state index >= 15 is 0 Å². The first kappa shape index (κ1) is 14.3. The number of benzene rings is 1. The summed E-state index contributed by atoms with van der Waals surface area (Å²) in [5.74, 6) is 1.96. The Morgan fingerprint density at radius 3 is 3.18 bits per heavy atom. The van der Waals surface area contributed by atoms with Crippen molar-refractivity contribution < 1.29 is 4.79 Å². The Bertz CT molecular complexity index is 708. The molecule has 2 aliphatic rings. The number of rotatable bonds is 4. The van der Waals surface area contributed by atoms with Gasteiger partial charge in [-0.25, -0.2) is 0 Å². The molecule has 1 aliphatic carbocycles. The van der Waals surface area contributed by atoms with Crippen molar-refractivity contribution in [3.05, 3.63) is 35.5 Å². The standard InChI is InChI=1S/C18H21N2OS/c1-19-7-3-5-14-15-4-2-6-16-18(15)13(10-17(14)19)11-20(16)12-22-9-8-21/h2,4,6,11,14,17H,3,5,7,9-10,12H2,1H3/t14-,17-/m0/s1. The monoisotopic (exact) mass is 313 g/mol. The molecule has 22 heavy (non-hydrogen) atoms. The van der Waals surface area contributed by atoms with Crippen LogP contribution in [0.1, 0.15) is 29.9 Å². The van der Waals surface area contributed by atoms with E-state index in [1.165, 1.54) is 35.9 Å². The molecule has 2 atom stereocenters. The summed E-state index contributed by atoms with van der Waals surface area (Å²) in [5, 5.41) is 1.48. The van der Waals surface area contributed by atoms with Gasteiger partial charge in [0.25, 0.3) is 0 Å². The molecule has 0 saturated carbocycles. The van der Waals surface area contributed by atoms with Crippen LogP contribution >= 0.6 is 11.8 Å². The quantitative estimate of drug-likeness (QED) is 0.811. The zero-order chi connectivity index (χ0) is 15.1. The van der Waals surface area contributed by atoms with Crippen molar-refractivity contribution in [2.45, 2.75) is 37.1 Å². The molecule has 1 aliphatic heterocycles. The average Bonchev–Trinajstić information content (AvgIpc) is 2.89. The summed E-state index contributed by atoms with van der Waals surface area (Å²) in [7, 11) is 2.27. The molecule has 4 rings (SSSR count). The van der Waals surface area contributed by atoms with Gasteiger partial charge in [0.15, 0.2) is 0 Å². The molecule has 0 unspecified atom stereocenters. The number of fused-ring (bicyclic) bond motifs is 2. The van der Waals surface area contributed by atoms with E-state index in [1.54, 1.807) is 17.3 Å². The third-order valence-corrected chi connectivity index (χ3v) is 6.08. The SMILES string of the molecule is CN1CCC[C@H]2c3cccc4c3c(cn4CSC[C]=O)C[C@@H]21. The Hall–Kier alpha value is -1.26. The van der Waals surface area contributed by atoms with Crippen molar-refractivity contribution in [3.63, 3.8) is 0 Å². The molecule has 115 valence electrons. The molecule has 0 amide bonds. The van der Waals surface area contributed by atoms with Gasteiger partial charge in [0.05, 0.1) is 11.6 Å². The zero-order valence-corrected chi connectivity index (χ0v) is 13.7. The van der Waals surface area contributed by atoms with Crippen LogP contribution in [-0.2, 0) is 17.1 Å². The van der Waals surface area contributed by atoms with Gasteiger partial charge >= 0.3 is 0 Å². The maximum atomic E-state index is 10.4. The van der Waals surface area contributed by atoms with Crippen LogP contribution in [0.2, 0.25) is 0 Å². The number of likely N-dealkylation sites (tertiary alicyclic amines) is 1. The molecule has 1 aromatic heterocycles. The predicted octanol–water partition coefficient (Wildman–Crippen LogP) is 3.18. The van der Waals surface area contributed by atoms with Crippen molar-refractivity contribution >= 4 is 29.0 Å². The first-order valence-corrected chi connectivity index (χ1v) is 9.18. The number of hydrogen-bond donors (Lipinski definition) is 0.